The summed E-state index contributed by atoms with van der Waals surface area (Å²) >= 11 is 1.44. The molecule has 5 atom stereocenters. The van der Waals surface area contributed by atoms with E-state index in [-0.39, 0.29) is 38.4 Å². The van der Waals surface area contributed by atoms with Crippen LogP contribution < -0.4 is 15.4 Å². The van der Waals surface area contributed by atoms with E-state index in [4.69, 9.17) is 4.74 Å². The fourth-order valence-corrected chi connectivity index (χ4v) is 9.49. The Kier molecular flexibility index (Phi) is 9.58. The van der Waals surface area contributed by atoms with E-state index in [1.165, 1.54) is 27.2 Å². The van der Waals surface area contributed by atoms with Crippen molar-refractivity contribution in [2.24, 2.45) is 5.92 Å². The Morgan fingerprint density at radius 2 is 1.92 bits per heavy atom. The van der Waals surface area contributed by atoms with Gasteiger partial charge in [-0.2, -0.15) is 0 Å². The van der Waals surface area contributed by atoms with Crippen LogP contribution in [0.3, 0.4) is 0 Å². The highest BCUT2D eigenvalue weighted by Crippen LogP contribution is 2.46. The number of hydrogen-bond donors (Lipinski definition) is 3. The minimum Gasteiger partial charge on any atom is -0.444 e. The second kappa shape index (κ2) is 13.8. The molecule has 0 unspecified atom stereocenters. The van der Waals surface area contributed by atoms with Gasteiger partial charge in [0.2, 0.25) is 21.8 Å². The van der Waals surface area contributed by atoms with Crippen molar-refractivity contribution in [2.75, 3.05) is 11.9 Å². The van der Waals surface area contributed by atoms with Gasteiger partial charge in [0.15, 0.2) is 5.13 Å². The molecule has 0 bridgehead atoms. The molecule has 2 aromatic rings. The van der Waals surface area contributed by atoms with Gasteiger partial charge in [0, 0.05) is 29.3 Å². The number of sulfonamides is 1. The van der Waals surface area contributed by atoms with Crippen molar-refractivity contribution >= 4 is 50.3 Å². The molecular formula is C35H43FN6O7S2. The summed E-state index contributed by atoms with van der Waals surface area (Å²) < 4.78 is 48.0. The zero-order valence-corrected chi connectivity index (χ0v) is 30.3. The smallest absolute Gasteiger partial charge is 0.410 e. The minimum atomic E-state index is -3.89. The Morgan fingerprint density at radius 3 is 2.65 bits per heavy atom. The molecule has 3 N–H and O–H groups in total. The summed E-state index contributed by atoms with van der Waals surface area (Å²) in [5.74, 6) is -2.64. The van der Waals surface area contributed by atoms with Crippen LogP contribution in [0.4, 0.5) is 14.3 Å². The van der Waals surface area contributed by atoms with Gasteiger partial charge in [-0.05, 0) is 64.0 Å². The molecule has 1 aromatic carbocycles. The third-order valence-electron chi connectivity index (χ3n) is 10.6. The number of halogens is 1. The molecule has 3 fully saturated rings. The minimum absolute atomic E-state index is 0.0368. The van der Waals surface area contributed by atoms with Crippen LogP contribution in [0.25, 0.3) is 0 Å². The van der Waals surface area contributed by atoms with Crippen LogP contribution in [-0.4, -0.2) is 82.5 Å². The molecule has 0 spiro atoms. The average Bonchev–Trinajstić information content (AvgIpc) is 3.93. The zero-order valence-electron chi connectivity index (χ0n) is 28.7. The summed E-state index contributed by atoms with van der Waals surface area (Å²) in [4.78, 5) is 64.1. The van der Waals surface area contributed by atoms with Gasteiger partial charge in [0.1, 0.15) is 29.5 Å². The number of benzene rings is 1. The number of nitrogens with one attached hydrogen (secondary N) is 3. The number of allylic oxidation sites excluding steroid dienone is 1. The van der Waals surface area contributed by atoms with Crippen LogP contribution in [0.5, 0.6) is 0 Å². The van der Waals surface area contributed by atoms with E-state index < -0.39 is 68.6 Å². The number of amides is 4. The molecule has 51 heavy (non-hydrogen) atoms. The van der Waals surface area contributed by atoms with E-state index >= 15 is 0 Å². The van der Waals surface area contributed by atoms with Crippen molar-refractivity contribution in [3.05, 3.63) is 57.9 Å². The molecule has 3 aliphatic heterocycles. The number of thiazole rings is 1. The van der Waals surface area contributed by atoms with Gasteiger partial charge in [-0.3, -0.25) is 24.0 Å². The zero-order chi connectivity index (χ0) is 36.1. The molecule has 4 amide bonds. The molecule has 2 aliphatic carbocycles. The number of carbonyl (C=O) groups is 4. The summed E-state index contributed by atoms with van der Waals surface area (Å²) in [7, 11) is -3.89. The summed E-state index contributed by atoms with van der Waals surface area (Å²) in [5.41, 5.74) is 0.449. The van der Waals surface area contributed by atoms with Crippen molar-refractivity contribution in [3.8, 4) is 0 Å². The van der Waals surface area contributed by atoms with Gasteiger partial charge in [0.25, 0.3) is 5.91 Å². The third kappa shape index (κ3) is 7.34. The van der Waals surface area contributed by atoms with Crippen LogP contribution in [0.2, 0.25) is 0 Å². The van der Waals surface area contributed by atoms with Crippen molar-refractivity contribution in [1.82, 2.24) is 24.8 Å². The Balaban J connectivity index is 1.15. The number of carbonyl (C=O) groups excluding carboxylic acids is 4. The topological polar surface area (TPSA) is 167 Å². The normalized spacial score (nSPS) is 28.8. The summed E-state index contributed by atoms with van der Waals surface area (Å²) in [6.07, 6.45) is 6.98. The van der Waals surface area contributed by atoms with E-state index in [1.807, 2.05) is 26.0 Å². The van der Waals surface area contributed by atoms with E-state index in [9.17, 15) is 32.0 Å². The van der Waals surface area contributed by atoms with Crippen LogP contribution in [0, 0.1) is 25.6 Å². The maximum atomic E-state index is 14.5. The number of anilines is 1. The fourth-order valence-electron chi connectivity index (χ4n) is 7.26. The number of fused-ring (bicyclic) bond motifs is 3. The van der Waals surface area contributed by atoms with E-state index in [1.54, 1.807) is 12.1 Å². The lowest BCUT2D eigenvalue weighted by Crippen LogP contribution is -2.57. The number of nitrogens with zero attached hydrogens (tertiary/aromatic N) is 3. The quantitative estimate of drug-likeness (QED) is 0.373. The van der Waals surface area contributed by atoms with Crippen molar-refractivity contribution in [2.45, 2.75) is 114 Å². The van der Waals surface area contributed by atoms with Crippen LogP contribution in [0.15, 0.2) is 30.4 Å². The van der Waals surface area contributed by atoms with Crippen LogP contribution in [-0.2, 0) is 42.2 Å². The molecule has 13 nitrogen and oxygen atoms in total. The van der Waals surface area contributed by atoms with Crippen LogP contribution in [0.1, 0.15) is 79.5 Å². The third-order valence-corrected chi connectivity index (χ3v) is 13.4. The van der Waals surface area contributed by atoms with Gasteiger partial charge < -0.3 is 20.3 Å². The Bertz CT molecular complexity index is 1860. The standard InChI is InChI=1S/C35H43FN6O7S2/c1-20-21(2)50-33(37-20)38-28-12-7-5-3-4-6-10-23-16-35(23,32(45)40-51(47,48)25-13-14-25)39-30(43)29-15-24(18-42(29)31(28)44)49-34(46)41-17-22-9-8-11-27(36)26(22)19-41/h6,8-11,23-25,28-29H,3-5,7,12-19H2,1-2H3,(H,37,38)(H,39,43)(H,40,45)/b10-6-/t23-,24-,28+,29+,35-/m1/s1. The SMILES string of the molecule is Cc1nc(N[C@H]2CCCCC/C=C\[C@@H]3C[C@@]3(C(=O)NS(=O)(=O)C3CC3)NC(=O)[C@@H]3C[C@@H](OC(=O)N4Cc5cccc(F)c5C4)CN3C2=O)sc1C. The molecule has 0 radical (unpaired) electrons. The average molecular weight is 743 g/mol. The molecular weight excluding hydrogens is 700 g/mol. The second-order valence-electron chi connectivity index (χ2n) is 14.4. The van der Waals surface area contributed by atoms with Gasteiger partial charge in [-0.25, -0.2) is 22.6 Å². The van der Waals surface area contributed by atoms with Gasteiger partial charge in [-0.15, -0.1) is 11.3 Å². The van der Waals surface area contributed by atoms with Crippen molar-refractivity contribution in [1.29, 1.82) is 0 Å². The largest absolute Gasteiger partial charge is 0.444 e. The highest BCUT2D eigenvalue weighted by molar-refractivity contribution is 7.91. The number of aryl methyl sites for hydroxylation is 2. The number of ether oxygens (including phenoxy) is 1. The number of aromatic nitrogens is 1. The first kappa shape index (κ1) is 35.4. The first-order valence-corrected chi connectivity index (χ1v) is 20.0. The van der Waals surface area contributed by atoms with Gasteiger partial charge in [-0.1, -0.05) is 37.1 Å². The molecule has 4 heterocycles. The summed E-state index contributed by atoms with van der Waals surface area (Å²) in [5, 5.41) is 6.11. The maximum Gasteiger partial charge on any atom is 0.410 e. The van der Waals surface area contributed by atoms with Crippen molar-refractivity contribution in [3.63, 3.8) is 0 Å². The molecule has 274 valence electrons. The fraction of sp³-hybridized carbons (Fsp3) is 0.571. The summed E-state index contributed by atoms with van der Waals surface area (Å²) in [6, 6.07) is 2.83. The molecule has 5 aliphatic rings. The first-order chi connectivity index (χ1) is 24.3. The lowest BCUT2D eigenvalue weighted by Gasteiger charge is -2.29. The Hall–Kier alpha value is -4.05. The lowest BCUT2D eigenvalue weighted by atomic mass is 10.1. The van der Waals surface area contributed by atoms with E-state index in [0.29, 0.717) is 35.5 Å². The van der Waals surface area contributed by atoms with E-state index in [2.05, 4.69) is 20.3 Å². The molecule has 7 rings (SSSR count). The van der Waals surface area contributed by atoms with Gasteiger partial charge >= 0.3 is 6.09 Å². The predicted octanol–water partition coefficient (Wildman–Crippen LogP) is 3.81. The monoisotopic (exact) mass is 742 g/mol. The maximum absolute atomic E-state index is 14.5. The molecule has 16 heteroatoms. The highest BCUT2D eigenvalue weighted by Gasteiger charge is 2.62. The number of hydrogen-bond acceptors (Lipinski definition) is 10. The number of rotatable bonds is 6. The lowest BCUT2D eigenvalue weighted by molar-refractivity contribution is -0.140. The highest BCUT2D eigenvalue weighted by atomic mass is 32.2. The predicted molar refractivity (Wildman–Crippen MR) is 186 cm³/mol. The Morgan fingerprint density at radius 1 is 1.12 bits per heavy atom. The molecule has 1 aromatic heterocycles. The Labute approximate surface area is 300 Å². The molecule has 1 saturated heterocycles. The van der Waals surface area contributed by atoms with Crippen LogP contribution >= 0.6 is 11.3 Å². The second-order valence-corrected chi connectivity index (χ2v) is 17.5. The first-order valence-electron chi connectivity index (χ1n) is 17.6. The summed E-state index contributed by atoms with van der Waals surface area (Å²) in [6.45, 7) is 3.96. The van der Waals surface area contributed by atoms with Gasteiger partial charge in [0.05, 0.1) is 24.0 Å². The molecule has 2 saturated carbocycles. The van der Waals surface area contributed by atoms with E-state index in [0.717, 1.165) is 36.3 Å². The van der Waals surface area contributed by atoms with Crippen molar-refractivity contribution < 1.29 is 36.7 Å².